The number of hydrogen-bond donors (Lipinski definition) is 0. The maximum atomic E-state index is 12.5. The smallest absolute Gasteiger partial charge is 0.346 e. The molecule has 1 aromatic rings. The number of hydrogen-bond acceptors (Lipinski definition) is 5. The van der Waals surface area contributed by atoms with Crippen LogP contribution in [-0.4, -0.2) is 31.0 Å². The third kappa shape index (κ3) is 3.80. The van der Waals surface area contributed by atoms with Crippen LogP contribution in [0.3, 0.4) is 0 Å². The zero-order chi connectivity index (χ0) is 18.9. The summed E-state index contributed by atoms with van der Waals surface area (Å²) in [6.07, 6.45) is -0.913. The van der Waals surface area contributed by atoms with E-state index in [1.54, 1.807) is 13.8 Å². The first-order chi connectivity index (χ1) is 11.7. The fourth-order valence-corrected chi connectivity index (χ4v) is 2.89. The van der Waals surface area contributed by atoms with Gasteiger partial charge in [-0.25, -0.2) is 9.69 Å². The Balaban J connectivity index is 2.44. The Morgan fingerprint density at radius 1 is 1.20 bits per heavy atom. The maximum absolute atomic E-state index is 12.5. The summed E-state index contributed by atoms with van der Waals surface area (Å²) in [6.45, 7) is 5.02. The summed E-state index contributed by atoms with van der Waals surface area (Å²) in [5.41, 5.74) is 1.35. The van der Waals surface area contributed by atoms with Gasteiger partial charge in [0.15, 0.2) is 6.10 Å². The largest absolute Gasteiger partial charge is 0.477 e. The van der Waals surface area contributed by atoms with Crippen LogP contribution in [0.2, 0.25) is 10.0 Å². The van der Waals surface area contributed by atoms with Gasteiger partial charge in [-0.15, -0.1) is 0 Å². The zero-order valence-electron chi connectivity index (χ0n) is 14.2. The summed E-state index contributed by atoms with van der Waals surface area (Å²) in [7, 11) is 1.24. The highest BCUT2D eigenvalue weighted by atomic mass is 35.5. The molecule has 8 heteroatoms. The first kappa shape index (κ1) is 19.3. The fraction of sp³-hybridized carbons (Fsp3) is 0.353. The summed E-state index contributed by atoms with van der Waals surface area (Å²) in [5.74, 6) is -1.29. The molecule has 0 aromatic heterocycles. The minimum Gasteiger partial charge on any atom is -0.477 e. The molecular weight excluding hydrogens is 369 g/mol. The normalized spacial score (nSPS) is 15.4. The van der Waals surface area contributed by atoms with Crippen molar-refractivity contribution in [1.29, 1.82) is 0 Å². The molecular formula is C17H17Cl2NO5. The van der Waals surface area contributed by atoms with E-state index in [2.05, 4.69) is 4.74 Å². The summed E-state index contributed by atoms with van der Waals surface area (Å²) in [6, 6.07) is 2.73. The number of benzene rings is 1. The van der Waals surface area contributed by atoms with Gasteiger partial charge in [0.05, 0.1) is 29.3 Å². The predicted octanol–water partition coefficient (Wildman–Crippen LogP) is 3.53. The number of halogens is 2. The number of amides is 2. The minimum atomic E-state index is -0.921. The highest BCUT2D eigenvalue weighted by Gasteiger charge is 2.37. The maximum Gasteiger partial charge on any atom is 0.346 e. The number of nitrogens with zero attached hydrogens (tertiary/aromatic N) is 1. The van der Waals surface area contributed by atoms with Gasteiger partial charge in [-0.1, -0.05) is 28.8 Å². The van der Waals surface area contributed by atoms with Crippen molar-refractivity contribution < 1.29 is 23.9 Å². The second kappa shape index (κ2) is 7.45. The fourth-order valence-electron chi connectivity index (χ4n) is 2.37. The van der Waals surface area contributed by atoms with Gasteiger partial charge in [0.1, 0.15) is 5.75 Å². The van der Waals surface area contributed by atoms with Crippen molar-refractivity contribution in [1.82, 2.24) is 0 Å². The van der Waals surface area contributed by atoms with Crippen LogP contribution in [0.5, 0.6) is 5.75 Å². The average Bonchev–Trinajstić information content (AvgIpc) is 2.84. The quantitative estimate of drug-likeness (QED) is 0.450. The molecule has 2 rings (SSSR count). The van der Waals surface area contributed by atoms with Crippen molar-refractivity contribution in [2.45, 2.75) is 33.3 Å². The molecule has 6 nitrogen and oxygen atoms in total. The number of imide groups is 1. The second-order valence-electron chi connectivity index (χ2n) is 5.71. The van der Waals surface area contributed by atoms with Crippen LogP contribution in [0, 0.1) is 0 Å². The van der Waals surface area contributed by atoms with Crippen molar-refractivity contribution in [2.75, 3.05) is 12.0 Å². The lowest BCUT2D eigenvalue weighted by Crippen LogP contribution is -2.30. The lowest BCUT2D eigenvalue weighted by Gasteiger charge is -2.19. The second-order valence-corrected chi connectivity index (χ2v) is 6.52. The Labute approximate surface area is 155 Å². The summed E-state index contributed by atoms with van der Waals surface area (Å²) in [4.78, 5) is 37.3. The Morgan fingerprint density at radius 3 is 2.36 bits per heavy atom. The topological polar surface area (TPSA) is 72.9 Å². The van der Waals surface area contributed by atoms with Crippen molar-refractivity contribution in [3.05, 3.63) is 33.3 Å². The van der Waals surface area contributed by atoms with Gasteiger partial charge in [0, 0.05) is 11.6 Å². The first-order valence-electron chi connectivity index (χ1n) is 7.44. The molecule has 1 saturated heterocycles. The van der Waals surface area contributed by atoms with E-state index in [9.17, 15) is 14.4 Å². The van der Waals surface area contributed by atoms with Crippen LogP contribution in [-0.2, 0) is 19.1 Å². The van der Waals surface area contributed by atoms with Gasteiger partial charge in [-0.3, -0.25) is 9.59 Å². The van der Waals surface area contributed by atoms with Crippen LogP contribution < -0.4 is 9.64 Å². The Bertz CT molecular complexity index is 783. The molecule has 134 valence electrons. The van der Waals surface area contributed by atoms with Crippen LogP contribution >= 0.6 is 23.2 Å². The van der Waals surface area contributed by atoms with E-state index in [4.69, 9.17) is 27.9 Å². The van der Waals surface area contributed by atoms with Crippen molar-refractivity contribution in [3.63, 3.8) is 0 Å². The Morgan fingerprint density at radius 2 is 1.84 bits per heavy atom. The van der Waals surface area contributed by atoms with Gasteiger partial charge < -0.3 is 9.47 Å². The van der Waals surface area contributed by atoms with Crippen LogP contribution in [0.4, 0.5) is 5.69 Å². The molecule has 25 heavy (non-hydrogen) atoms. The highest BCUT2D eigenvalue weighted by molar-refractivity contribution is 6.39. The molecule has 0 N–H and O–H groups in total. The van der Waals surface area contributed by atoms with Gasteiger partial charge in [0.2, 0.25) is 5.91 Å². The molecule has 1 aliphatic heterocycles. The Kier molecular flexibility index (Phi) is 5.75. The van der Waals surface area contributed by atoms with Crippen molar-refractivity contribution in [2.24, 2.45) is 0 Å². The summed E-state index contributed by atoms with van der Waals surface area (Å²) >= 11 is 12.3. The van der Waals surface area contributed by atoms with E-state index in [1.165, 1.54) is 26.2 Å². The monoisotopic (exact) mass is 385 g/mol. The molecule has 1 aliphatic rings. The van der Waals surface area contributed by atoms with E-state index in [1.807, 2.05) is 0 Å². The van der Waals surface area contributed by atoms with E-state index in [-0.39, 0.29) is 27.9 Å². The molecule has 0 aliphatic carbocycles. The number of esters is 1. The molecule has 1 atom stereocenters. The third-order valence-electron chi connectivity index (χ3n) is 3.72. The summed E-state index contributed by atoms with van der Waals surface area (Å²) < 4.78 is 10.1. The number of ether oxygens (including phenoxy) is 2. The van der Waals surface area contributed by atoms with Crippen molar-refractivity contribution >= 4 is 46.7 Å². The number of carbonyl (C=O) groups is 3. The lowest BCUT2D eigenvalue weighted by atomic mass is 10.1. The van der Waals surface area contributed by atoms with E-state index in [0.29, 0.717) is 5.57 Å². The number of methoxy groups -OCH3 is 1. The molecule has 0 saturated carbocycles. The van der Waals surface area contributed by atoms with Gasteiger partial charge in [-0.2, -0.15) is 0 Å². The van der Waals surface area contributed by atoms with Gasteiger partial charge in [0.25, 0.3) is 5.91 Å². The minimum absolute atomic E-state index is 0.00881. The molecule has 1 unspecified atom stereocenters. The first-order valence-corrected chi connectivity index (χ1v) is 8.20. The number of carbonyl (C=O) groups excluding carboxylic acids is 3. The van der Waals surface area contributed by atoms with Crippen LogP contribution in [0.15, 0.2) is 23.3 Å². The predicted molar refractivity (Wildman–Crippen MR) is 94.1 cm³/mol. The highest BCUT2D eigenvalue weighted by Crippen LogP contribution is 2.39. The Hall–Kier alpha value is -2.05. The standard InChI is InChI=1S/C17H17Cl2NO5/c1-8(2)10-5-15(21)20(16(10)22)13-7-14(12(19)6-11(13)18)25-9(3)17(23)24-4/h6-7,9H,5H2,1-4H3. The number of rotatable bonds is 4. The van der Waals surface area contributed by atoms with E-state index < -0.39 is 23.9 Å². The third-order valence-corrected chi connectivity index (χ3v) is 4.32. The van der Waals surface area contributed by atoms with E-state index >= 15 is 0 Å². The van der Waals surface area contributed by atoms with Crippen LogP contribution in [0.1, 0.15) is 27.2 Å². The molecule has 0 spiro atoms. The summed E-state index contributed by atoms with van der Waals surface area (Å²) in [5, 5.41) is 0.269. The lowest BCUT2D eigenvalue weighted by molar-refractivity contribution is -0.147. The molecule has 2 amide bonds. The molecule has 1 fully saturated rings. The van der Waals surface area contributed by atoms with Crippen LogP contribution in [0.25, 0.3) is 0 Å². The zero-order valence-corrected chi connectivity index (χ0v) is 15.7. The molecule has 0 radical (unpaired) electrons. The molecule has 1 aromatic carbocycles. The number of allylic oxidation sites excluding steroid dienone is 1. The van der Waals surface area contributed by atoms with Crippen molar-refractivity contribution in [3.8, 4) is 5.75 Å². The molecule has 1 heterocycles. The van der Waals surface area contributed by atoms with Gasteiger partial charge in [-0.05, 0) is 26.8 Å². The number of anilines is 1. The van der Waals surface area contributed by atoms with Gasteiger partial charge >= 0.3 is 5.97 Å². The average molecular weight is 386 g/mol. The van der Waals surface area contributed by atoms with E-state index in [0.717, 1.165) is 10.5 Å². The SMILES string of the molecule is COC(=O)C(C)Oc1cc(N2C(=O)CC(=C(C)C)C2=O)c(Cl)cc1Cl. The molecule has 0 bridgehead atoms.